The zero-order valence-electron chi connectivity index (χ0n) is 15.7. The summed E-state index contributed by atoms with van der Waals surface area (Å²) in [5.74, 6) is 1.21. The molecule has 0 unspecified atom stereocenters. The molecule has 2 aromatic carbocycles. The lowest BCUT2D eigenvalue weighted by Gasteiger charge is -2.26. The van der Waals surface area contributed by atoms with Crippen LogP contribution in [-0.2, 0) is 22.8 Å². The second-order valence-corrected chi connectivity index (χ2v) is 7.43. The Balaban J connectivity index is 1.55. The van der Waals surface area contributed by atoms with Crippen molar-refractivity contribution in [1.82, 2.24) is 5.32 Å². The molecule has 1 aliphatic rings. The van der Waals surface area contributed by atoms with Crippen LogP contribution in [0, 0.1) is 0 Å². The van der Waals surface area contributed by atoms with Gasteiger partial charge >= 0.3 is 6.18 Å². The van der Waals surface area contributed by atoms with E-state index >= 15 is 0 Å². The van der Waals surface area contributed by atoms with E-state index < -0.39 is 17.2 Å². The molecule has 0 aromatic heterocycles. The number of benzene rings is 2. The van der Waals surface area contributed by atoms with Crippen LogP contribution in [0.1, 0.15) is 37.0 Å². The number of carbonyl (C=O) groups excluding carboxylic acids is 1. The Labute approximate surface area is 161 Å². The minimum Gasteiger partial charge on any atom is -0.454 e. The summed E-state index contributed by atoms with van der Waals surface area (Å²) < 4.78 is 49.4. The van der Waals surface area contributed by atoms with Gasteiger partial charge in [0.25, 0.3) is 0 Å². The van der Waals surface area contributed by atoms with Crippen LogP contribution in [0.25, 0.3) is 0 Å². The van der Waals surface area contributed by atoms with E-state index in [0.29, 0.717) is 23.5 Å². The number of nitrogens with one attached hydrogen (secondary N) is 1. The maximum absolute atomic E-state index is 12.9. The van der Waals surface area contributed by atoms with Crippen molar-refractivity contribution in [3.63, 3.8) is 0 Å². The average Bonchev–Trinajstić information content (AvgIpc) is 3.12. The van der Waals surface area contributed by atoms with Gasteiger partial charge in [0.15, 0.2) is 11.5 Å². The van der Waals surface area contributed by atoms with Crippen molar-refractivity contribution in [3.05, 3.63) is 59.2 Å². The maximum atomic E-state index is 12.9. The van der Waals surface area contributed by atoms with E-state index in [-0.39, 0.29) is 25.7 Å². The molecule has 0 saturated carbocycles. The fraction of sp³-hybridized carbons (Fsp3) is 0.381. The fourth-order valence-electron chi connectivity index (χ4n) is 2.98. The molecule has 0 fully saturated rings. The predicted octanol–water partition coefficient (Wildman–Crippen LogP) is 4.46. The molecule has 4 nitrogen and oxygen atoms in total. The first kappa shape index (κ1) is 20.0. The molecular weight excluding hydrogens is 371 g/mol. The van der Waals surface area contributed by atoms with Gasteiger partial charge in [-0.2, -0.15) is 13.2 Å². The molecule has 2 aromatic rings. The lowest BCUT2D eigenvalue weighted by Crippen LogP contribution is -2.36. The molecule has 0 saturated heterocycles. The smallest absolute Gasteiger partial charge is 0.416 e. The highest BCUT2D eigenvalue weighted by Gasteiger charge is 2.32. The monoisotopic (exact) mass is 393 g/mol. The van der Waals surface area contributed by atoms with Crippen LogP contribution >= 0.6 is 0 Å². The SMILES string of the molecule is CC(C)(CNC(=O)CCc1ccc2c(c1)OCO2)c1cccc(C(F)(F)F)c1. The van der Waals surface area contributed by atoms with Crippen molar-refractivity contribution in [1.29, 1.82) is 0 Å². The van der Waals surface area contributed by atoms with Crippen molar-refractivity contribution in [3.8, 4) is 11.5 Å². The molecule has 0 spiro atoms. The Bertz CT molecular complexity index is 862. The molecule has 0 bridgehead atoms. The second-order valence-electron chi connectivity index (χ2n) is 7.43. The highest BCUT2D eigenvalue weighted by molar-refractivity contribution is 5.76. The van der Waals surface area contributed by atoms with Gasteiger partial charge in [-0.05, 0) is 35.7 Å². The number of amides is 1. The molecule has 0 atom stereocenters. The third kappa shape index (κ3) is 4.77. The van der Waals surface area contributed by atoms with Crippen molar-refractivity contribution >= 4 is 5.91 Å². The van der Waals surface area contributed by atoms with E-state index in [9.17, 15) is 18.0 Å². The van der Waals surface area contributed by atoms with Gasteiger partial charge in [0.2, 0.25) is 12.7 Å². The van der Waals surface area contributed by atoms with Gasteiger partial charge < -0.3 is 14.8 Å². The number of halogens is 3. The first-order chi connectivity index (χ1) is 13.1. The molecule has 0 radical (unpaired) electrons. The van der Waals surface area contributed by atoms with Crippen LogP contribution in [0.3, 0.4) is 0 Å². The summed E-state index contributed by atoms with van der Waals surface area (Å²) >= 11 is 0. The number of alkyl halides is 3. The van der Waals surface area contributed by atoms with Gasteiger partial charge in [0, 0.05) is 18.4 Å². The zero-order chi connectivity index (χ0) is 20.4. The predicted molar refractivity (Wildman–Crippen MR) is 98.4 cm³/mol. The molecule has 0 aliphatic carbocycles. The van der Waals surface area contributed by atoms with Gasteiger partial charge in [0.05, 0.1) is 5.56 Å². The Morgan fingerprint density at radius 3 is 2.50 bits per heavy atom. The molecule has 1 aliphatic heterocycles. The van der Waals surface area contributed by atoms with Crippen LogP contribution in [0.5, 0.6) is 11.5 Å². The highest BCUT2D eigenvalue weighted by atomic mass is 19.4. The number of hydrogen-bond donors (Lipinski definition) is 1. The summed E-state index contributed by atoms with van der Waals surface area (Å²) in [5.41, 5.74) is 0.164. The number of fused-ring (bicyclic) bond motifs is 1. The number of hydrogen-bond acceptors (Lipinski definition) is 3. The molecular formula is C21H22F3NO3. The molecule has 150 valence electrons. The summed E-state index contributed by atoms with van der Waals surface area (Å²) in [6.45, 7) is 4.05. The lowest BCUT2D eigenvalue weighted by atomic mass is 9.83. The number of aryl methyl sites for hydroxylation is 1. The van der Waals surface area contributed by atoms with Crippen molar-refractivity contribution < 1.29 is 27.4 Å². The lowest BCUT2D eigenvalue weighted by molar-refractivity contribution is -0.137. The Kier molecular flexibility index (Phi) is 5.54. The van der Waals surface area contributed by atoms with Crippen molar-refractivity contribution in [2.45, 2.75) is 38.3 Å². The number of carbonyl (C=O) groups is 1. The van der Waals surface area contributed by atoms with Crippen LogP contribution in [0.15, 0.2) is 42.5 Å². The third-order valence-corrected chi connectivity index (χ3v) is 4.78. The molecule has 3 rings (SSSR count). The third-order valence-electron chi connectivity index (χ3n) is 4.78. The van der Waals surface area contributed by atoms with Gasteiger partial charge in [0.1, 0.15) is 0 Å². The summed E-state index contributed by atoms with van der Waals surface area (Å²) in [4.78, 5) is 12.2. The quantitative estimate of drug-likeness (QED) is 0.788. The normalized spacial score (nSPS) is 13.5. The minimum atomic E-state index is -4.39. The standard InChI is InChI=1S/C21H22F3NO3/c1-20(2,15-4-3-5-16(11-15)21(22,23)24)12-25-19(26)9-7-14-6-8-17-18(10-14)28-13-27-17/h3-6,8,10-11H,7,9,12-13H2,1-2H3,(H,25,26). The summed E-state index contributed by atoms with van der Waals surface area (Å²) in [6, 6.07) is 10.8. The Hall–Kier alpha value is -2.70. The van der Waals surface area contributed by atoms with Gasteiger partial charge in [-0.1, -0.05) is 38.1 Å². The van der Waals surface area contributed by atoms with E-state index in [1.54, 1.807) is 19.9 Å². The van der Waals surface area contributed by atoms with E-state index in [0.717, 1.165) is 17.7 Å². The maximum Gasteiger partial charge on any atom is 0.416 e. The van der Waals surface area contributed by atoms with Gasteiger partial charge in [-0.3, -0.25) is 4.79 Å². The van der Waals surface area contributed by atoms with Crippen LogP contribution in [-0.4, -0.2) is 19.2 Å². The number of rotatable bonds is 6. The van der Waals surface area contributed by atoms with Gasteiger partial charge in [-0.25, -0.2) is 0 Å². The van der Waals surface area contributed by atoms with E-state index in [4.69, 9.17) is 9.47 Å². The summed E-state index contributed by atoms with van der Waals surface area (Å²) in [6.07, 6.45) is -3.58. The van der Waals surface area contributed by atoms with Crippen LogP contribution in [0.4, 0.5) is 13.2 Å². The van der Waals surface area contributed by atoms with Crippen LogP contribution in [0.2, 0.25) is 0 Å². The zero-order valence-corrected chi connectivity index (χ0v) is 15.7. The average molecular weight is 393 g/mol. The minimum absolute atomic E-state index is 0.155. The van der Waals surface area contributed by atoms with E-state index in [2.05, 4.69) is 5.32 Å². The van der Waals surface area contributed by atoms with E-state index in [1.165, 1.54) is 6.07 Å². The van der Waals surface area contributed by atoms with Crippen molar-refractivity contribution in [2.75, 3.05) is 13.3 Å². The van der Waals surface area contributed by atoms with Gasteiger partial charge in [-0.15, -0.1) is 0 Å². The molecule has 1 N–H and O–H groups in total. The second kappa shape index (κ2) is 7.73. The number of ether oxygens (including phenoxy) is 2. The Morgan fingerprint density at radius 2 is 1.75 bits per heavy atom. The topological polar surface area (TPSA) is 47.6 Å². The van der Waals surface area contributed by atoms with Crippen LogP contribution < -0.4 is 14.8 Å². The van der Waals surface area contributed by atoms with Crippen molar-refractivity contribution in [2.24, 2.45) is 0 Å². The molecule has 28 heavy (non-hydrogen) atoms. The highest BCUT2D eigenvalue weighted by Crippen LogP contribution is 2.33. The largest absolute Gasteiger partial charge is 0.454 e. The summed E-state index contributed by atoms with van der Waals surface area (Å²) in [7, 11) is 0. The summed E-state index contributed by atoms with van der Waals surface area (Å²) in [5, 5.41) is 2.83. The first-order valence-corrected chi connectivity index (χ1v) is 8.98. The Morgan fingerprint density at radius 1 is 1.04 bits per heavy atom. The molecule has 1 heterocycles. The molecule has 7 heteroatoms. The van der Waals surface area contributed by atoms with E-state index in [1.807, 2.05) is 18.2 Å². The fourth-order valence-corrected chi connectivity index (χ4v) is 2.98. The molecule has 1 amide bonds. The first-order valence-electron chi connectivity index (χ1n) is 8.98.